The minimum absolute atomic E-state index is 0.162. The van der Waals surface area contributed by atoms with Gasteiger partial charge in [0.05, 0.1) is 0 Å². The standard InChI is InChI=1S/C19H21N3O2S/c1-12(2)14-4-6-15(7-5-14)18(24)21-16-8-10-17(11-9-16)22-19(25)20-13(3)23/h4-12H,1-3H3,(H,21,24)(H2,20,22,23,25). The lowest BCUT2D eigenvalue weighted by molar-refractivity contribution is -0.117. The van der Waals surface area contributed by atoms with Crippen LogP contribution in [0, 0.1) is 0 Å². The van der Waals surface area contributed by atoms with Crippen LogP contribution in [0.25, 0.3) is 0 Å². The van der Waals surface area contributed by atoms with Gasteiger partial charge in [-0.15, -0.1) is 0 Å². The molecule has 2 amide bonds. The molecule has 0 aromatic heterocycles. The molecule has 0 heterocycles. The zero-order chi connectivity index (χ0) is 18.4. The summed E-state index contributed by atoms with van der Waals surface area (Å²) in [4.78, 5) is 23.2. The third-order valence-electron chi connectivity index (χ3n) is 3.53. The molecule has 6 heteroatoms. The van der Waals surface area contributed by atoms with Crippen LogP contribution in [0.15, 0.2) is 48.5 Å². The number of anilines is 2. The number of benzene rings is 2. The predicted octanol–water partition coefficient (Wildman–Crippen LogP) is 3.90. The van der Waals surface area contributed by atoms with Crippen molar-refractivity contribution in [3.8, 4) is 0 Å². The Kier molecular flexibility index (Phi) is 6.25. The fourth-order valence-corrected chi connectivity index (χ4v) is 2.44. The van der Waals surface area contributed by atoms with Crippen LogP contribution in [0.3, 0.4) is 0 Å². The minimum atomic E-state index is -0.232. The van der Waals surface area contributed by atoms with Crippen LogP contribution in [-0.2, 0) is 4.79 Å². The lowest BCUT2D eigenvalue weighted by Gasteiger charge is -2.10. The summed E-state index contributed by atoms with van der Waals surface area (Å²) in [6.45, 7) is 5.62. The fourth-order valence-electron chi connectivity index (χ4n) is 2.18. The van der Waals surface area contributed by atoms with Crippen LogP contribution >= 0.6 is 12.2 Å². The van der Waals surface area contributed by atoms with Gasteiger partial charge in [0.2, 0.25) is 5.91 Å². The number of carbonyl (C=O) groups is 2. The van der Waals surface area contributed by atoms with Gasteiger partial charge in [0.25, 0.3) is 5.91 Å². The van der Waals surface area contributed by atoms with Crippen molar-refractivity contribution in [1.29, 1.82) is 0 Å². The molecule has 2 aromatic rings. The summed E-state index contributed by atoms with van der Waals surface area (Å²) in [6.07, 6.45) is 0. The highest BCUT2D eigenvalue weighted by atomic mass is 32.1. The van der Waals surface area contributed by atoms with E-state index in [4.69, 9.17) is 12.2 Å². The normalized spacial score (nSPS) is 10.2. The summed E-state index contributed by atoms with van der Waals surface area (Å²) < 4.78 is 0. The van der Waals surface area contributed by atoms with E-state index < -0.39 is 0 Å². The number of hydrogen-bond donors (Lipinski definition) is 3. The summed E-state index contributed by atoms with van der Waals surface area (Å²) in [5.41, 5.74) is 3.20. The van der Waals surface area contributed by atoms with Gasteiger partial charge in [-0.05, 0) is 60.1 Å². The van der Waals surface area contributed by atoms with Gasteiger partial charge in [0.1, 0.15) is 0 Å². The molecular formula is C19H21N3O2S. The van der Waals surface area contributed by atoms with E-state index in [1.54, 1.807) is 24.3 Å². The Bertz CT molecular complexity index is 768. The van der Waals surface area contributed by atoms with Crippen LogP contribution in [0.2, 0.25) is 0 Å². The second-order valence-electron chi connectivity index (χ2n) is 5.94. The number of hydrogen-bond acceptors (Lipinski definition) is 3. The Labute approximate surface area is 152 Å². The molecule has 2 rings (SSSR count). The van der Waals surface area contributed by atoms with Gasteiger partial charge < -0.3 is 16.0 Å². The molecule has 0 saturated carbocycles. The first-order valence-electron chi connectivity index (χ1n) is 7.95. The highest BCUT2D eigenvalue weighted by Gasteiger charge is 2.07. The van der Waals surface area contributed by atoms with E-state index in [1.165, 1.54) is 12.5 Å². The number of amides is 2. The summed E-state index contributed by atoms with van der Waals surface area (Å²) in [5.74, 6) is 0.0374. The monoisotopic (exact) mass is 355 g/mol. The molecule has 0 saturated heterocycles. The van der Waals surface area contributed by atoms with Crippen molar-refractivity contribution in [1.82, 2.24) is 5.32 Å². The zero-order valence-electron chi connectivity index (χ0n) is 14.4. The average Bonchev–Trinajstić information content (AvgIpc) is 2.56. The number of nitrogens with one attached hydrogen (secondary N) is 3. The van der Waals surface area contributed by atoms with Gasteiger partial charge in [0, 0.05) is 23.9 Å². The molecule has 0 fully saturated rings. The smallest absolute Gasteiger partial charge is 0.255 e. The maximum absolute atomic E-state index is 12.3. The van der Waals surface area contributed by atoms with Crippen molar-refractivity contribution in [2.45, 2.75) is 26.7 Å². The van der Waals surface area contributed by atoms with Crippen LogP contribution < -0.4 is 16.0 Å². The van der Waals surface area contributed by atoms with E-state index in [0.717, 1.165) is 5.69 Å². The lowest BCUT2D eigenvalue weighted by atomic mass is 10.0. The van der Waals surface area contributed by atoms with Gasteiger partial charge >= 0.3 is 0 Å². The van der Waals surface area contributed by atoms with Gasteiger partial charge in [-0.2, -0.15) is 0 Å². The van der Waals surface area contributed by atoms with E-state index in [9.17, 15) is 9.59 Å². The molecular weight excluding hydrogens is 334 g/mol. The Morgan fingerprint density at radius 1 is 0.880 bits per heavy atom. The molecule has 0 spiro atoms. The van der Waals surface area contributed by atoms with E-state index in [1.807, 2.05) is 24.3 Å². The number of rotatable bonds is 4. The predicted molar refractivity (Wildman–Crippen MR) is 105 cm³/mol. The van der Waals surface area contributed by atoms with Crippen molar-refractivity contribution in [2.24, 2.45) is 0 Å². The molecule has 2 aromatic carbocycles. The van der Waals surface area contributed by atoms with Gasteiger partial charge in [-0.25, -0.2) is 0 Å². The van der Waals surface area contributed by atoms with Crippen LogP contribution in [0.5, 0.6) is 0 Å². The Morgan fingerprint density at radius 3 is 1.88 bits per heavy atom. The van der Waals surface area contributed by atoms with Crippen molar-refractivity contribution in [3.05, 3.63) is 59.7 Å². The van der Waals surface area contributed by atoms with Crippen LogP contribution in [0.1, 0.15) is 42.6 Å². The maximum Gasteiger partial charge on any atom is 0.255 e. The Hall–Kier alpha value is -2.73. The van der Waals surface area contributed by atoms with Crippen molar-refractivity contribution in [3.63, 3.8) is 0 Å². The van der Waals surface area contributed by atoms with E-state index in [0.29, 0.717) is 17.2 Å². The summed E-state index contributed by atoms with van der Waals surface area (Å²) in [5, 5.41) is 8.45. The quantitative estimate of drug-likeness (QED) is 0.728. The van der Waals surface area contributed by atoms with E-state index in [-0.39, 0.29) is 16.9 Å². The third kappa shape index (κ3) is 5.69. The highest BCUT2D eigenvalue weighted by Crippen LogP contribution is 2.17. The number of carbonyl (C=O) groups excluding carboxylic acids is 2. The van der Waals surface area contributed by atoms with E-state index in [2.05, 4.69) is 29.8 Å². The van der Waals surface area contributed by atoms with Crippen molar-refractivity contribution >= 4 is 40.5 Å². The molecule has 25 heavy (non-hydrogen) atoms. The van der Waals surface area contributed by atoms with Gasteiger partial charge in [0.15, 0.2) is 5.11 Å². The maximum atomic E-state index is 12.3. The fraction of sp³-hybridized carbons (Fsp3) is 0.211. The largest absolute Gasteiger partial charge is 0.332 e. The number of thiocarbonyl (C=S) groups is 1. The molecule has 130 valence electrons. The zero-order valence-corrected chi connectivity index (χ0v) is 15.2. The van der Waals surface area contributed by atoms with Crippen LogP contribution in [-0.4, -0.2) is 16.9 Å². The minimum Gasteiger partial charge on any atom is -0.332 e. The summed E-state index contributed by atoms with van der Waals surface area (Å²) in [7, 11) is 0. The molecule has 0 unspecified atom stereocenters. The Morgan fingerprint density at radius 2 is 1.40 bits per heavy atom. The SMILES string of the molecule is CC(=O)NC(=S)Nc1ccc(NC(=O)c2ccc(C(C)C)cc2)cc1. The molecule has 0 aliphatic carbocycles. The molecule has 0 aliphatic heterocycles. The van der Waals surface area contributed by atoms with Gasteiger partial charge in [-0.1, -0.05) is 26.0 Å². The molecule has 3 N–H and O–H groups in total. The van der Waals surface area contributed by atoms with Crippen molar-refractivity contribution in [2.75, 3.05) is 10.6 Å². The summed E-state index contributed by atoms with van der Waals surface area (Å²) in [6, 6.07) is 14.7. The lowest BCUT2D eigenvalue weighted by Crippen LogP contribution is -2.32. The first-order valence-corrected chi connectivity index (χ1v) is 8.36. The molecule has 0 bridgehead atoms. The van der Waals surface area contributed by atoms with Gasteiger partial charge in [-0.3, -0.25) is 9.59 Å². The molecule has 0 radical (unpaired) electrons. The molecule has 5 nitrogen and oxygen atoms in total. The third-order valence-corrected chi connectivity index (χ3v) is 3.73. The molecule has 0 aliphatic rings. The summed E-state index contributed by atoms with van der Waals surface area (Å²) >= 11 is 4.99. The Balaban J connectivity index is 1.97. The first-order chi connectivity index (χ1) is 11.8. The highest BCUT2D eigenvalue weighted by molar-refractivity contribution is 7.80. The topological polar surface area (TPSA) is 70.2 Å². The van der Waals surface area contributed by atoms with Crippen molar-refractivity contribution < 1.29 is 9.59 Å². The second kappa shape index (κ2) is 8.39. The van der Waals surface area contributed by atoms with E-state index >= 15 is 0 Å². The molecule has 0 atom stereocenters. The average molecular weight is 355 g/mol. The van der Waals surface area contributed by atoms with Crippen LogP contribution in [0.4, 0.5) is 11.4 Å². The first kappa shape index (κ1) is 18.6. The second-order valence-corrected chi connectivity index (χ2v) is 6.35.